The lowest BCUT2D eigenvalue weighted by atomic mass is 10.0. The van der Waals surface area contributed by atoms with Gasteiger partial charge in [-0.15, -0.1) is 12.4 Å². The summed E-state index contributed by atoms with van der Waals surface area (Å²) in [6.07, 6.45) is -0.434. The highest BCUT2D eigenvalue weighted by atomic mass is 35.5. The van der Waals surface area contributed by atoms with E-state index >= 15 is 0 Å². The van der Waals surface area contributed by atoms with Gasteiger partial charge in [-0.3, -0.25) is 0 Å². The molecule has 0 heterocycles. The van der Waals surface area contributed by atoms with Gasteiger partial charge >= 0.3 is 0 Å². The Morgan fingerprint density at radius 3 is 2.00 bits per heavy atom. The quantitative estimate of drug-likeness (QED) is 0.651. The minimum absolute atomic E-state index is 0. The molecule has 0 unspecified atom stereocenters. The fraction of sp³-hybridized carbons (Fsp3) is 0.222. The maximum absolute atomic E-state index is 13.0. The summed E-state index contributed by atoms with van der Waals surface area (Å²) >= 11 is 0. The van der Waals surface area contributed by atoms with E-state index in [4.69, 9.17) is 11.0 Å². The maximum Gasteiger partial charge on any atom is 0.166 e. The number of nitrogens with zero attached hydrogens (tertiary/aromatic N) is 1. The van der Waals surface area contributed by atoms with Gasteiger partial charge < -0.3 is 5.73 Å². The highest BCUT2D eigenvalue weighted by Gasteiger charge is 2.23. The lowest BCUT2D eigenvalue weighted by Crippen LogP contribution is -2.15. The summed E-state index contributed by atoms with van der Waals surface area (Å²) in [6, 6.07) is 0.258. The Morgan fingerprint density at radius 2 is 1.62 bits per heavy atom. The summed E-state index contributed by atoms with van der Waals surface area (Å²) < 4.78 is 51.5. The number of halogens is 5. The van der Waals surface area contributed by atoms with E-state index in [-0.39, 0.29) is 18.5 Å². The van der Waals surface area contributed by atoms with Gasteiger partial charge in [-0.25, -0.2) is 17.6 Å². The predicted octanol–water partition coefficient (Wildman–Crippen LogP) is 2.58. The molecule has 7 heteroatoms. The van der Waals surface area contributed by atoms with Crippen molar-refractivity contribution in [3.05, 3.63) is 34.9 Å². The van der Waals surface area contributed by atoms with Crippen molar-refractivity contribution in [2.24, 2.45) is 5.73 Å². The molecule has 88 valence electrons. The van der Waals surface area contributed by atoms with Crippen LogP contribution in [0.15, 0.2) is 6.07 Å². The van der Waals surface area contributed by atoms with Crippen LogP contribution in [0.5, 0.6) is 0 Å². The first-order chi connectivity index (χ1) is 6.99. The largest absolute Gasteiger partial charge is 0.323 e. The van der Waals surface area contributed by atoms with Gasteiger partial charge in [0.25, 0.3) is 0 Å². The van der Waals surface area contributed by atoms with Crippen molar-refractivity contribution in [3.8, 4) is 6.07 Å². The first-order valence-electron chi connectivity index (χ1n) is 3.94. The molecule has 1 rings (SSSR count). The Kier molecular flexibility index (Phi) is 5.21. The van der Waals surface area contributed by atoms with Gasteiger partial charge in [0.2, 0.25) is 0 Å². The van der Waals surface area contributed by atoms with Crippen LogP contribution in [-0.2, 0) is 0 Å². The third-order valence-electron chi connectivity index (χ3n) is 1.83. The summed E-state index contributed by atoms with van der Waals surface area (Å²) in [5, 5.41) is 8.26. The number of hydrogen-bond acceptors (Lipinski definition) is 2. The van der Waals surface area contributed by atoms with Crippen molar-refractivity contribution in [3.63, 3.8) is 0 Å². The van der Waals surface area contributed by atoms with E-state index in [1.807, 2.05) is 0 Å². The zero-order valence-corrected chi connectivity index (χ0v) is 8.62. The molecule has 0 bridgehead atoms. The zero-order valence-electron chi connectivity index (χ0n) is 7.81. The lowest BCUT2D eigenvalue weighted by molar-refractivity contribution is 0.427. The summed E-state index contributed by atoms with van der Waals surface area (Å²) in [4.78, 5) is 0. The van der Waals surface area contributed by atoms with E-state index in [2.05, 4.69) is 0 Å². The van der Waals surface area contributed by atoms with Crippen LogP contribution in [0, 0.1) is 34.6 Å². The van der Waals surface area contributed by atoms with Crippen molar-refractivity contribution in [2.45, 2.75) is 12.5 Å². The Bertz CT molecular complexity index is 404. The van der Waals surface area contributed by atoms with Gasteiger partial charge in [0, 0.05) is 17.7 Å². The highest BCUT2D eigenvalue weighted by molar-refractivity contribution is 5.85. The summed E-state index contributed by atoms with van der Waals surface area (Å²) in [5.41, 5.74) is 4.27. The van der Waals surface area contributed by atoms with Crippen LogP contribution in [0.1, 0.15) is 18.0 Å². The minimum atomic E-state index is -1.56. The number of nitrogens with two attached hydrogens (primary N) is 1. The van der Waals surface area contributed by atoms with Crippen LogP contribution in [0.3, 0.4) is 0 Å². The number of hydrogen-bond donors (Lipinski definition) is 1. The first kappa shape index (κ1) is 14.7. The average Bonchev–Trinajstić information content (AvgIpc) is 2.16. The van der Waals surface area contributed by atoms with Gasteiger partial charge in [0.05, 0.1) is 12.5 Å². The Labute approximate surface area is 95.1 Å². The van der Waals surface area contributed by atoms with Crippen molar-refractivity contribution in [2.75, 3.05) is 0 Å². The molecule has 16 heavy (non-hydrogen) atoms. The van der Waals surface area contributed by atoms with Crippen molar-refractivity contribution in [1.29, 1.82) is 5.26 Å². The second-order valence-electron chi connectivity index (χ2n) is 2.85. The molecular weight excluding hydrogens is 248 g/mol. The molecule has 0 aromatic heterocycles. The molecule has 0 aliphatic rings. The van der Waals surface area contributed by atoms with Gasteiger partial charge in [-0.1, -0.05) is 0 Å². The standard InChI is InChI=1S/C9H6F4N2.ClH/c10-4-3-5(11)9(13)7(8(4)12)6(15)1-2-14;/h3,6H,1,15H2;1H/t6-;/m1./s1. The summed E-state index contributed by atoms with van der Waals surface area (Å²) in [6.45, 7) is 0. The number of rotatable bonds is 2. The fourth-order valence-electron chi connectivity index (χ4n) is 1.12. The third-order valence-corrected chi connectivity index (χ3v) is 1.83. The maximum atomic E-state index is 13.0. The molecule has 1 aromatic rings. The number of nitriles is 1. The Hall–Kier alpha value is -1.32. The van der Waals surface area contributed by atoms with E-state index in [1.54, 1.807) is 6.07 Å². The molecule has 0 spiro atoms. The normalized spacial score (nSPS) is 11.5. The smallest absolute Gasteiger partial charge is 0.166 e. The minimum Gasteiger partial charge on any atom is -0.323 e. The Morgan fingerprint density at radius 1 is 1.19 bits per heavy atom. The first-order valence-corrected chi connectivity index (χ1v) is 3.94. The second-order valence-corrected chi connectivity index (χ2v) is 2.85. The van der Waals surface area contributed by atoms with Crippen LogP contribution < -0.4 is 5.73 Å². The lowest BCUT2D eigenvalue weighted by Gasteiger charge is -2.11. The molecule has 0 aliphatic carbocycles. The number of benzene rings is 1. The van der Waals surface area contributed by atoms with Gasteiger partial charge in [0.15, 0.2) is 23.3 Å². The molecule has 1 atom stereocenters. The van der Waals surface area contributed by atoms with Crippen molar-refractivity contribution >= 4 is 12.4 Å². The zero-order chi connectivity index (χ0) is 11.6. The predicted molar refractivity (Wildman–Crippen MR) is 50.7 cm³/mol. The summed E-state index contributed by atoms with van der Waals surface area (Å²) in [7, 11) is 0. The van der Waals surface area contributed by atoms with Crippen LogP contribution in [0.4, 0.5) is 17.6 Å². The third kappa shape index (κ3) is 2.62. The molecular formula is C9H7ClF4N2. The molecule has 2 nitrogen and oxygen atoms in total. The molecule has 2 N–H and O–H groups in total. The van der Waals surface area contributed by atoms with Crippen LogP contribution >= 0.6 is 12.4 Å². The summed E-state index contributed by atoms with van der Waals surface area (Å²) in [5.74, 6) is -6.18. The van der Waals surface area contributed by atoms with Crippen molar-refractivity contribution in [1.82, 2.24) is 0 Å². The van der Waals surface area contributed by atoms with Crippen LogP contribution in [0.25, 0.3) is 0 Å². The second kappa shape index (κ2) is 5.68. The van der Waals surface area contributed by atoms with E-state index in [0.717, 1.165) is 0 Å². The molecule has 0 amide bonds. The van der Waals surface area contributed by atoms with Gasteiger partial charge in [-0.2, -0.15) is 5.26 Å². The topological polar surface area (TPSA) is 49.8 Å². The molecule has 0 saturated carbocycles. The fourth-order valence-corrected chi connectivity index (χ4v) is 1.12. The van der Waals surface area contributed by atoms with Crippen molar-refractivity contribution < 1.29 is 17.6 Å². The molecule has 0 fully saturated rings. The van der Waals surface area contributed by atoms with E-state index < -0.39 is 41.3 Å². The average molecular weight is 255 g/mol. The SMILES string of the molecule is Cl.N#CC[C@@H](N)c1c(F)c(F)cc(F)c1F. The van der Waals surface area contributed by atoms with Gasteiger partial charge in [0.1, 0.15) is 0 Å². The van der Waals surface area contributed by atoms with E-state index in [9.17, 15) is 17.6 Å². The molecule has 1 aromatic carbocycles. The van der Waals surface area contributed by atoms with E-state index in [0.29, 0.717) is 0 Å². The van der Waals surface area contributed by atoms with Crippen LogP contribution in [-0.4, -0.2) is 0 Å². The van der Waals surface area contributed by atoms with E-state index in [1.165, 1.54) is 0 Å². The molecule has 0 saturated heterocycles. The monoisotopic (exact) mass is 254 g/mol. The van der Waals surface area contributed by atoms with Gasteiger partial charge in [-0.05, 0) is 0 Å². The Balaban J connectivity index is 0.00000225. The highest BCUT2D eigenvalue weighted by Crippen LogP contribution is 2.25. The van der Waals surface area contributed by atoms with Crippen LogP contribution in [0.2, 0.25) is 0 Å². The molecule has 0 radical (unpaired) electrons. The molecule has 0 aliphatic heterocycles.